The van der Waals surface area contributed by atoms with Crippen LogP contribution < -0.4 is 4.74 Å². The third-order valence-corrected chi connectivity index (χ3v) is 6.01. The van der Waals surface area contributed by atoms with Crippen LogP contribution in [0.1, 0.15) is 43.7 Å². The van der Waals surface area contributed by atoms with Crippen molar-refractivity contribution < 1.29 is 14.6 Å². The van der Waals surface area contributed by atoms with E-state index in [9.17, 15) is 9.90 Å². The lowest BCUT2D eigenvalue weighted by atomic mass is 9.72. The highest BCUT2D eigenvalue weighted by Gasteiger charge is 2.41. The SMILES string of the molecule is COc1ccc(CN2CCC3(CCC(=O)N(CC(C)O)C3)CC2)cc1C. The lowest BCUT2D eigenvalue weighted by Crippen LogP contribution is -2.52. The number of methoxy groups -OCH3 is 1. The number of likely N-dealkylation sites (tertiary alicyclic amines) is 2. The first kappa shape index (κ1) is 19.2. The summed E-state index contributed by atoms with van der Waals surface area (Å²) in [5, 5.41) is 9.66. The van der Waals surface area contributed by atoms with Crippen LogP contribution in [-0.2, 0) is 11.3 Å². The van der Waals surface area contributed by atoms with Gasteiger partial charge in [0.15, 0.2) is 0 Å². The van der Waals surface area contributed by atoms with Crippen molar-refractivity contribution in [3.05, 3.63) is 29.3 Å². The smallest absolute Gasteiger partial charge is 0.222 e. The van der Waals surface area contributed by atoms with Crippen molar-refractivity contribution in [1.82, 2.24) is 9.80 Å². The van der Waals surface area contributed by atoms with E-state index < -0.39 is 6.10 Å². The Morgan fingerprint density at radius 1 is 1.27 bits per heavy atom. The van der Waals surface area contributed by atoms with Gasteiger partial charge in [-0.15, -0.1) is 0 Å². The van der Waals surface area contributed by atoms with Gasteiger partial charge in [0.25, 0.3) is 0 Å². The molecule has 0 bridgehead atoms. The minimum absolute atomic E-state index is 0.202. The predicted octanol–water partition coefficient (Wildman–Crippen LogP) is 2.59. The van der Waals surface area contributed by atoms with Gasteiger partial charge in [-0.1, -0.05) is 12.1 Å². The van der Waals surface area contributed by atoms with Gasteiger partial charge >= 0.3 is 0 Å². The highest BCUT2D eigenvalue weighted by molar-refractivity contribution is 5.77. The minimum atomic E-state index is -0.451. The van der Waals surface area contributed by atoms with Gasteiger partial charge in [0.05, 0.1) is 13.2 Å². The maximum absolute atomic E-state index is 12.1. The normalized spacial score (nSPS) is 21.8. The Kier molecular flexibility index (Phi) is 5.88. The molecule has 26 heavy (non-hydrogen) atoms. The summed E-state index contributed by atoms with van der Waals surface area (Å²) in [5.74, 6) is 1.14. The van der Waals surface area contributed by atoms with E-state index in [0.29, 0.717) is 13.0 Å². The van der Waals surface area contributed by atoms with Crippen molar-refractivity contribution in [2.75, 3.05) is 33.3 Å². The van der Waals surface area contributed by atoms with Gasteiger partial charge in [-0.2, -0.15) is 0 Å². The first-order chi connectivity index (χ1) is 12.4. The average Bonchev–Trinajstić information content (AvgIpc) is 2.60. The number of hydrogen-bond acceptors (Lipinski definition) is 4. The molecule has 1 aromatic rings. The maximum Gasteiger partial charge on any atom is 0.222 e. The fraction of sp³-hybridized carbons (Fsp3) is 0.667. The highest BCUT2D eigenvalue weighted by Crippen LogP contribution is 2.40. The number of ether oxygens (including phenoxy) is 1. The third-order valence-electron chi connectivity index (χ3n) is 6.01. The Morgan fingerprint density at radius 3 is 2.62 bits per heavy atom. The number of rotatable bonds is 5. The molecule has 0 radical (unpaired) electrons. The van der Waals surface area contributed by atoms with Crippen LogP contribution in [0.2, 0.25) is 0 Å². The van der Waals surface area contributed by atoms with Crippen LogP contribution in [0.5, 0.6) is 5.75 Å². The number of carbonyl (C=O) groups excluding carboxylic acids is 1. The zero-order valence-corrected chi connectivity index (χ0v) is 16.3. The van der Waals surface area contributed by atoms with Crippen LogP contribution in [0.3, 0.4) is 0 Å². The molecule has 2 aliphatic rings. The quantitative estimate of drug-likeness (QED) is 0.877. The lowest BCUT2D eigenvalue weighted by molar-refractivity contribution is -0.140. The van der Waals surface area contributed by atoms with Crippen LogP contribution in [0, 0.1) is 12.3 Å². The monoisotopic (exact) mass is 360 g/mol. The fourth-order valence-electron chi connectivity index (χ4n) is 4.48. The molecule has 1 spiro atoms. The van der Waals surface area contributed by atoms with E-state index in [0.717, 1.165) is 51.2 Å². The van der Waals surface area contributed by atoms with Gasteiger partial charge < -0.3 is 14.7 Å². The van der Waals surface area contributed by atoms with Crippen LogP contribution in [0.15, 0.2) is 18.2 Å². The standard InChI is InChI=1S/C21H32N2O3/c1-16-12-18(4-5-19(16)26-3)14-22-10-8-21(9-11-22)7-6-20(25)23(15-21)13-17(2)24/h4-5,12,17,24H,6-11,13-15H2,1-3H3. The molecule has 1 aromatic carbocycles. The highest BCUT2D eigenvalue weighted by atomic mass is 16.5. The zero-order valence-electron chi connectivity index (χ0n) is 16.3. The fourth-order valence-corrected chi connectivity index (χ4v) is 4.48. The summed E-state index contributed by atoms with van der Waals surface area (Å²) in [6.07, 6.45) is 3.44. The first-order valence-electron chi connectivity index (χ1n) is 9.72. The first-order valence-corrected chi connectivity index (χ1v) is 9.72. The van der Waals surface area contributed by atoms with Crippen molar-refractivity contribution in [2.24, 2.45) is 5.41 Å². The molecular weight excluding hydrogens is 328 g/mol. The van der Waals surface area contributed by atoms with Gasteiger partial charge in [-0.05, 0) is 68.8 Å². The summed E-state index contributed by atoms with van der Waals surface area (Å²) >= 11 is 0. The van der Waals surface area contributed by atoms with E-state index >= 15 is 0 Å². The molecule has 1 atom stereocenters. The predicted molar refractivity (Wildman–Crippen MR) is 102 cm³/mol. The van der Waals surface area contributed by atoms with E-state index in [1.54, 1.807) is 14.0 Å². The number of amides is 1. The summed E-state index contributed by atoms with van der Waals surface area (Å²) in [6, 6.07) is 6.42. The second-order valence-corrected chi connectivity index (χ2v) is 8.20. The van der Waals surface area contributed by atoms with Crippen LogP contribution in [0.4, 0.5) is 0 Å². The summed E-state index contributed by atoms with van der Waals surface area (Å²) in [4.78, 5) is 16.5. The van der Waals surface area contributed by atoms with E-state index in [2.05, 4.69) is 30.0 Å². The molecule has 0 aliphatic carbocycles. The second-order valence-electron chi connectivity index (χ2n) is 8.20. The van der Waals surface area contributed by atoms with Crippen molar-refractivity contribution in [3.63, 3.8) is 0 Å². The molecule has 2 heterocycles. The number of aliphatic hydroxyl groups is 1. The number of aliphatic hydroxyl groups excluding tert-OH is 1. The number of β-amino-alcohol motifs (C(OH)–C–C–N with tert-alkyl or cyclic N) is 1. The van der Waals surface area contributed by atoms with Crippen LogP contribution in [-0.4, -0.2) is 60.2 Å². The Morgan fingerprint density at radius 2 is 2.00 bits per heavy atom. The Balaban J connectivity index is 1.57. The Bertz CT molecular complexity index is 636. The Labute approximate surface area is 156 Å². The summed E-state index contributed by atoms with van der Waals surface area (Å²) in [5.41, 5.74) is 2.75. The maximum atomic E-state index is 12.1. The number of benzene rings is 1. The van der Waals surface area contributed by atoms with Gasteiger partial charge in [0.1, 0.15) is 5.75 Å². The number of hydrogen-bond donors (Lipinski definition) is 1. The minimum Gasteiger partial charge on any atom is -0.496 e. The molecule has 1 N–H and O–H groups in total. The number of aryl methyl sites for hydroxylation is 1. The molecule has 1 unspecified atom stereocenters. The number of nitrogens with zero attached hydrogens (tertiary/aromatic N) is 2. The summed E-state index contributed by atoms with van der Waals surface area (Å²) in [6.45, 7) is 8.24. The van der Waals surface area contributed by atoms with Crippen LogP contribution >= 0.6 is 0 Å². The molecule has 2 aliphatic heterocycles. The summed E-state index contributed by atoms with van der Waals surface area (Å²) < 4.78 is 5.35. The molecule has 5 heteroatoms. The number of carbonyl (C=O) groups is 1. The molecule has 2 saturated heterocycles. The molecule has 3 rings (SSSR count). The largest absolute Gasteiger partial charge is 0.496 e. The van der Waals surface area contributed by atoms with Crippen molar-refractivity contribution in [2.45, 2.75) is 52.2 Å². The van der Waals surface area contributed by atoms with Gasteiger partial charge in [-0.3, -0.25) is 9.69 Å². The molecule has 2 fully saturated rings. The van der Waals surface area contributed by atoms with Gasteiger partial charge in [0, 0.05) is 26.1 Å². The third kappa shape index (κ3) is 4.38. The van der Waals surface area contributed by atoms with Crippen molar-refractivity contribution in [3.8, 4) is 5.75 Å². The lowest BCUT2D eigenvalue weighted by Gasteiger charge is -2.47. The average molecular weight is 360 g/mol. The second kappa shape index (κ2) is 7.97. The molecule has 0 saturated carbocycles. The molecule has 1 amide bonds. The topological polar surface area (TPSA) is 53.0 Å². The van der Waals surface area contributed by atoms with Gasteiger partial charge in [-0.25, -0.2) is 0 Å². The summed E-state index contributed by atoms with van der Waals surface area (Å²) in [7, 11) is 1.71. The van der Waals surface area contributed by atoms with E-state index in [4.69, 9.17) is 4.74 Å². The van der Waals surface area contributed by atoms with E-state index in [1.165, 1.54) is 11.1 Å². The van der Waals surface area contributed by atoms with Crippen molar-refractivity contribution >= 4 is 5.91 Å². The van der Waals surface area contributed by atoms with Crippen molar-refractivity contribution in [1.29, 1.82) is 0 Å². The van der Waals surface area contributed by atoms with Gasteiger partial charge in [0.2, 0.25) is 5.91 Å². The molecule has 5 nitrogen and oxygen atoms in total. The van der Waals surface area contributed by atoms with Crippen LogP contribution in [0.25, 0.3) is 0 Å². The van der Waals surface area contributed by atoms with E-state index in [1.807, 2.05) is 4.90 Å². The number of piperidine rings is 2. The molecule has 144 valence electrons. The zero-order chi connectivity index (χ0) is 18.7. The molecular formula is C21H32N2O3. The van der Waals surface area contributed by atoms with E-state index in [-0.39, 0.29) is 11.3 Å². The Hall–Kier alpha value is -1.59. The molecule has 0 aromatic heterocycles.